The van der Waals surface area contributed by atoms with E-state index in [0.717, 1.165) is 31.7 Å². The van der Waals surface area contributed by atoms with E-state index in [9.17, 15) is 0 Å². The summed E-state index contributed by atoms with van der Waals surface area (Å²) in [4.78, 5) is 5.56. The van der Waals surface area contributed by atoms with Crippen LogP contribution in [0.5, 0.6) is 0 Å². The Balaban J connectivity index is 2.02. The molecule has 1 atom stereocenters. The molecule has 1 fully saturated rings. The van der Waals surface area contributed by atoms with Gasteiger partial charge in [-0.25, -0.2) is 0 Å². The van der Waals surface area contributed by atoms with Gasteiger partial charge in [-0.3, -0.25) is 9.80 Å². The highest BCUT2D eigenvalue weighted by molar-refractivity contribution is 7.80. The van der Waals surface area contributed by atoms with E-state index in [1.165, 1.54) is 17.7 Å². The summed E-state index contributed by atoms with van der Waals surface area (Å²) in [7, 11) is 0. The Labute approximate surface area is 127 Å². The molecule has 4 heteroatoms. The van der Waals surface area contributed by atoms with E-state index in [4.69, 9.17) is 18.0 Å². The molecule has 3 nitrogen and oxygen atoms in total. The zero-order valence-corrected chi connectivity index (χ0v) is 13.5. The SMILES string of the molecule is CCN1CCN(Cc2ccc(C(N)=S)cc2C)CC1C. The van der Waals surface area contributed by atoms with Gasteiger partial charge in [0, 0.05) is 37.8 Å². The summed E-state index contributed by atoms with van der Waals surface area (Å²) < 4.78 is 0. The molecule has 110 valence electrons. The van der Waals surface area contributed by atoms with Crippen LogP contribution in [0.25, 0.3) is 0 Å². The number of rotatable bonds is 4. The van der Waals surface area contributed by atoms with Crippen LogP contribution in [0.2, 0.25) is 0 Å². The molecule has 20 heavy (non-hydrogen) atoms. The van der Waals surface area contributed by atoms with Crippen molar-refractivity contribution in [2.24, 2.45) is 5.73 Å². The molecule has 0 amide bonds. The predicted octanol–water partition coefficient (Wildman–Crippen LogP) is 2.16. The average Bonchev–Trinajstić information content (AvgIpc) is 2.41. The van der Waals surface area contributed by atoms with E-state index in [2.05, 4.69) is 42.7 Å². The van der Waals surface area contributed by atoms with Crippen molar-refractivity contribution in [3.63, 3.8) is 0 Å². The average molecular weight is 291 g/mol. The Kier molecular flexibility index (Phi) is 5.13. The molecule has 1 aliphatic heterocycles. The van der Waals surface area contributed by atoms with Crippen LogP contribution >= 0.6 is 12.2 Å². The van der Waals surface area contributed by atoms with Crippen molar-refractivity contribution in [3.8, 4) is 0 Å². The number of likely N-dealkylation sites (N-methyl/N-ethyl adjacent to an activating group) is 1. The Bertz CT molecular complexity index is 487. The van der Waals surface area contributed by atoms with Crippen LogP contribution in [-0.4, -0.2) is 47.0 Å². The van der Waals surface area contributed by atoms with Crippen molar-refractivity contribution in [2.75, 3.05) is 26.2 Å². The molecule has 2 N–H and O–H groups in total. The van der Waals surface area contributed by atoms with Gasteiger partial charge in [-0.05, 0) is 37.6 Å². The summed E-state index contributed by atoms with van der Waals surface area (Å²) in [6.45, 7) is 12.3. The summed E-state index contributed by atoms with van der Waals surface area (Å²) in [6, 6.07) is 6.95. The maximum atomic E-state index is 5.68. The van der Waals surface area contributed by atoms with Crippen LogP contribution in [0.3, 0.4) is 0 Å². The largest absolute Gasteiger partial charge is 0.389 e. The quantitative estimate of drug-likeness (QED) is 0.862. The maximum absolute atomic E-state index is 5.68. The minimum Gasteiger partial charge on any atom is -0.389 e. The third-order valence-electron chi connectivity index (χ3n) is 4.28. The Hall–Kier alpha value is -0.970. The molecule has 2 rings (SSSR count). The molecule has 0 aromatic heterocycles. The van der Waals surface area contributed by atoms with Gasteiger partial charge >= 0.3 is 0 Å². The summed E-state index contributed by atoms with van der Waals surface area (Å²) in [5.74, 6) is 0. The molecule has 1 aromatic carbocycles. The normalized spacial score (nSPS) is 21.1. The van der Waals surface area contributed by atoms with Crippen molar-refractivity contribution < 1.29 is 0 Å². The van der Waals surface area contributed by atoms with Crippen molar-refractivity contribution >= 4 is 17.2 Å². The molecule has 0 bridgehead atoms. The van der Waals surface area contributed by atoms with Gasteiger partial charge in [-0.2, -0.15) is 0 Å². The number of hydrogen-bond donors (Lipinski definition) is 1. The lowest BCUT2D eigenvalue weighted by Crippen LogP contribution is -2.51. The monoisotopic (exact) mass is 291 g/mol. The molecular formula is C16H25N3S. The highest BCUT2D eigenvalue weighted by Crippen LogP contribution is 2.17. The number of aryl methyl sites for hydroxylation is 1. The number of hydrogen-bond acceptors (Lipinski definition) is 3. The van der Waals surface area contributed by atoms with Gasteiger partial charge in [0.15, 0.2) is 0 Å². The number of nitrogens with two attached hydrogens (primary N) is 1. The van der Waals surface area contributed by atoms with Gasteiger partial charge in [0.05, 0.1) is 0 Å². The van der Waals surface area contributed by atoms with Crippen LogP contribution in [-0.2, 0) is 6.54 Å². The maximum Gasteiger partial charge on any atom is 0.103 e. The zero-order valence-electron chi connectivity index (χ0n) is 12.7. The highest BCUT2D eigenvalue weighted by atomic mass is 32.1. The van der Waals surface area contributed by atoms with Crippen LogP contribution in [0.4, 0.5) is 0 Å². The van der Waals surface area contributed by atoms with Gasteiger partial charge in [0.1, 0.15) is 4.99 Å². The molecule has 0 aliphatic carbocycles. The van der Waals surface area contributed by atoms with Gasteiger partial charge in [-0.1, -0.05) is 31.3 Å². The molecule has 1 unspecified atom stereocenters. The molecule has 0 spiro atoms. The minimum atomic E-state index is 0.477. The first-order valence-electron chi connectivity index (χ1n) is 7.37. The smallest absolute Gasteiger partial charge is 0.103 e. The highest BCUT2D eigenvalue weighted by Gasteiger charge is 2.22. The minimum absolute atomic E-state index is 0.477. The second kappa shape index (κ2) is 6.66. The lowest BCUT2D eigenvalue weighted by molar-refractivity contribution is 0.0833. The third kappa shape index (κ3) is 3.57. The second-order valence-electron chi connectivity index (χ2n) is 5.72. The summed E-state index contributed by atoms with van der Waals surface area (Å²) >= 11 is 5.03. The summed E-state index contributed by atoms with van der Waals surface area (Å²) in [6.07, 6.45) is 0. The first kappa shape index (κ1) is 15.4. The molecular weight excluding hydrogens is 266 g/mol. The van der Waals surface area contributed by atoms with E-state index in [0.29, 0.717) is 11.0 Å². The molecule has 0 saturated carbocycles. The Morgan fingerprint density at radius 2 is 2.15 bits per heavy atom. The number of piperazine rings is 1. The van der Waals surface area contributed by atoms with E-state index < -0.39 is 0 Å². The van der Waals surface area contributed by atoms with E-state index in [1.54, 1.807) is 0 Å². The molecule has 1 aromatic rings. The van der Waals surface area contributed by atoms with Gasteiger partial charge in [0.25, 0.3) is 0 Å². The van der Waals surface area contributed by atoms with Crippen LogP contribution in [0.1, 0.15) is 30.5 Å². The van der Waals surface area contributed by atoms with E-state index in [-0.39, 0.29) is 0 Å². The standard InChI is InChI=1S/C16H25N3S/c1-4-19-8-7-18(10-13(19)3)11-15-6-5-14(16(17)20)9-12(15)2/h5-6,9,13H,4,7-8,10-11H2,1-3H3,(H2,17,20). The fourth-order valence-corrected chi connectivity index (χ4v) is 3.08. The second-order valence-corrected chi connectivity index (χ2v) is 6.16. The van der Waals surface area contributed by atoms with Gasteiger partial charge in [0.2, 0.25) is 0 Å². The number of nitrogens with zero attached hydrogens (tertiary/aromatic N) is 2. The summed E-state index contributed by atoms with van der Waals surface area (Å²) in [5.41, 5.74) is 9.30. The third-order valence-corrected chi connectivity index (χ3v) is 4.51. The van der Waals surface area contributed by atoms with Crippen molar-refractivity contribution in [3.05, 3.63) is 34.9 Å². The van der Waals surface area contributed by atoms with Crippen LogP contribution in [0.15, 0.2) is 18.2 Å². The Morgan fingerprint density at radius 1 is 1.40 bits per heavy atom. The van der Waals surface area contributed by atoms with E-state index >= 15 is 0 Å². The molecule has 0 radical (unpaired) electrons. The van der Waals surface area contributed by atoms with Gasteiger partial charge in [-0.15, -0.1) is 0 Å². The number of thiocarbonyl (C=S) groups is 1. The fraction of sp³-hybridized carbons (Fsp3) is 0.562. The lowest BCUT2D eigenvalue weighted by Gasteiger charge is -2.39. The molecule has 1 saturated heterocycles. The van der Waals surface area contributed by atoms with Crippen molar-refractivity contribution in [2.45, 2.75) is 33.4 Å². The van der Waals surface area contributed by atoms with Crippen molar-refractivity contribution in [1.82, 2.24) is 9.80 Å². The Morgan fingerprint density at radius 3 is 2.70 bits per heavy atom. The van der Waals surface area contributed by atoms with Crippen LogP contribution in [0, 0.1) is 6.92 Å². The molecule has 1 aliphatic rings. The van der Waals surface area contributed by atoms with E-state index in [1.807, 2.05) is 6.07 Å². The van der Waals surface area contributed by atoms with Gasteiger partial charge < -0.3 is 5.73 Å². The molecule has 1 heterocycles. The first-order valence-corrected chi connectivity index (χ1v) is 7.77. The summed E-state index contributed by atoms with van der Waals surface area (Å²) in [5, 5.41) is 0. The lowest BCUT2D eigenvalue weighted by atomic mass is 10.0. The topological polar surface area (TPSA) is 32.5 Å². The predicted molar refractivity (Wildman–Crippen MR) is 89.1 cm³/mol. The first-order chi connectivity index (χ1) is 9.51. The number of benzene rings is 1. The zero-order chi connectivity index (χ0) is 14.7. The van der Waals surface area contributed by atoms with Crippen LogP contribution < -0.4 is 5.73 Å². The van der Waals surface area contributed by atoms with Crippen molar-refractivity contribution in [1.29, 1.82) is 0 Å². The fourth-order valence-electron chi connectivity index (χ4n) is 2.95.